The second-order valence-corrected chi connectivity index (χ2v) is 7.34. The van der Waals surface area contributed by atoms with Gasteiger partial charge in [0.25, 0.3) is 0 Å². The van der Waals surface area contributed by atoms with Crippen LogP contribution in [0.5, 0.6) is 0 Å². The van der Waals surface area contributed by atoms with E-state index in [-0.39, 0.29) is 12.4 Å². The van der Waals surface area contributed by atoms with Gasteiger partial charge in [0, 0.05) is 18.5 Å². The summed E-state index contributed by atoms with van der Waals surface area (Å²) >= 11 is 0. The maximum absolute atomic E-state index is 13.0. The van der Waals surface area contributed by atoms with Crippen molar-refractivity contribution in [3.8, 4) is 0 Å². The molecule has 0 aliphatic heterocycles. The van der Waals surface area contributed by atoms with Gasteiger partial charge in [0.15, 0.2) is 5.78 Å². The molecule has 0 aliphatic carbocycles. The monoisotopic (exact) mass is 403 g/mol. The van der Waals surface area contributed by atoms with Gasteiger partial charge in [-0.25, -0.2) is 0 Å². The smallest absolute Gasteiger partial charge is 0.191 e. The van der Waals surface area contributed by atoms with Crippen LogP contribution in [0.3, 0.4) is 0 Å². The molecule has 156 valence electrons. The van der Waals surface area contributed by atoms with E-state index in [4.69, 9.17) is 4.74 Å². The summed E-state index contributed by atoms with van der Waals surface area (Å²) in [5, 5.41) is 13.6. The molecule has 0 saturated heterocycles. The zero-order valence-corrected chi connectivity index (χ0v) is 17.1. The first-order valence-corrected chi connectivity index (χ1v) is 10.4. The molecule has 0 fully saturated rings. The predicted octanol–water partition coefficient (Wildman–Crippen LogP) is 3.69. The first-order chi connectivity index (χ1) is 14.7. The summed E-state index contributed by atoms with van der Waals surface area (Å²) in [6.45, 7) is 1.30. The lowest BCUT2D eigenvalue weighted by Gasteiger charge is -2.20. The van der Waals surface area contributed by atoms with E-state index >= 15 is 0 Å². The molecule has 0 aromatic heterocycles. The van der Waals surface area contributed by atoms with Gasteiger partial charge < -0.3 is 15.2 Å². The highest BCUT2D eigenvalue weighted by molar-refractivity contribution is 5.99. The van der Waals surface area contributed by atoms with Gasteiger partial charge in [-0.1, -0.05) is 91.0 Å². The number of hydrogen-bond donors (Lipinski definition) is 2. The number of nitrogens with one attached hydrogen (secondary N) is 1. The summed E-state index contributed by atoms with van der Waals surface area (Å²) in [4.78, 5) is 13.0. The molecule has 2 N–H and O–H groups in total. The van der Waals surface area contributed by atoms with E-state index in [1.54, 1.807) is 12.1 Å². The number of benzene rings is 3. The second kappa shape index (κ2) is 12.0. The fraction of sp³-hybridized carbons (Fsp3) is 0.269. The van der Waals surface area contributed by atoms with E-state index in [0.717, 1.165) is 18.5 Å². The van der Waals surface area contributed by atoms with E-state index in [2.05, 4.69) is 17.4 Å². The molecule has 4 heteroatoms. The third-order valence-electron chi connectivity index (χ3n) is 4.92. The van der Waals surface area contributed by atoms with Gasteiger partial charge in [0.1, 0.15) is 6.10 Å². The Labute approximate surface area is 178 Å². The minimum Gasteiger partial charge on any atom is -0.389 e. The summed E-state index contributed by atoms with van der Waals surface area (Å²) in [6, 6.07) is 29.2. The van der Waals surface area contributed by atoms with Crippen LogP contribution in [-0.2, 0) is 17.6 Å². The van der Waals surface area contributed by atoms with Gasteiger partial charge in [-0.15, -0.1) is 0 Å². The first kappa shape index (κ1) is 21.9. The average Bonchev–Trinajstić information content (AvgIpc) is 2.81. The second-order valence-electron chi connectivity index (χ2n) is 7.34. The number of carbonyl (C=O) groups is 1. The van der Waals surface area contributed by atoms with Gasteiger partial charge in [0.05, 0.1) is 12.7 Å². The number of aliphatic hydroxyl groups is 1. The van der Waals surface area contributed by atoms with Gasteiger partial charge in [-0.2, -0.15) is 0 Å². The fourth-order valence-corrected chi connectivity index (χ4v) is 3.28. The van der Waals surface area contributed by atoms with Crippen LogP contribution in [0, 0.1) is 0 Å². The minimum atomic E-state index is -0.678. The van der Waals surface area contributed by atoms with Crippen molar-refractivity contribution < 1.29 is 14.6 Å². The molecule has 3 aromatic carbocycles. The highest BCUT2D eigenvalue weighted by Crippen LogP contribution is 2.13. The zero-order chi connectivity index (χ0) is 21.0. The van der Waals surface area contributed by atoms with Crippen molar-refractivity contribution in [1.29, 1.82) is 0 Å². The van der Waals surface area contributed by atoms with E-state index in [9.17, 15) is 9.90 Å². The van der Waals surface area contributed by atoms with Crippen LogP contribution in [0.2, 0.25) is 0 Å². The molecule has 30 heavy (non-hydrogen) atoms. The Morgan fingerprint density at radius 2 is 1.40 bits per heavy atom. The lowest BCUT2D eigenvalue weighted by molar-refractivity contribution is -0.00161. The molecular weight excluding hydrogens is 374 g/mol. The Kier molecular flexibility index (Phi) is 8.79. The summed E-state index contributed by atoms with van der Waals surface area (Å²) < 4.78 is 5.90. The normalized spacial score (nSPS) is 13.0. The van der Waals surface area contributed by atoms with Crippen molar-refractivity contribution in [3.05, 3.63) is 108 Å². The SMILES string of the molecule is O=C(c1ccccc1)C(Cc1ccccc1)OCC(O)CNCCc1ccccc1. The number of Topliss-reactive ketones (excluding diaryl/α,β-unsaturated/α-hetero) is 1. The van der Waals surface area contributed by atoms with Gasteiger partial charge in [0.2, 0.25) is 0 Å². The van der Waals surface area contributed by atoms with Crippen LogP contribution in [-0.4, -0.2) is 42.8 Å². The van der Waals surface area contributed by atoms with Crippen LogP contribution < -0.4 is 5.32 Å². The molecule has 4 nitrogen and oxygen atoms in total. The van der Waals surface area contributed by atoms with Gasteiger partial charge in [-0.3, -0.25) is 4.79 Å². The Morgan fingerprint density at radius 1 is 0.833 bits per heavy atom. The van der Waals surface area contributed by atoms with Crippen LogP contribution >= 0.6 is 0 Å². The Bertz CT molecular complexity index is 869. The van der Waals surface area contributed by atoms with Crippen molar-refractivity contribution in [2.75, 3.05) is 19.7 Å². The topological polar surface area (TPSA) is 58.6 Å². The van der Waals surface area contributed by atoms with Crippen LogP contribution in [0.15, 0.2) is 91.0 Å². The molecule has 2 atom stereocenters. The van der Waals surface area contributed by atoms with E-state index in [1.165, 1.54) is 5.56 Å². The van der Waals surface area contributed by atoms with Crippen LogP contribution in [0.4, 0.5) is 0 Å². The molecule has 0 heterocycles. The molecule has 2 unspecified atom stereocenters. The maximum Gasteiger partial charge on any atom is 0.191 e. The predicted molar refractivity (Wildman–Crippen MR) is 120 cm³/mol. The van der Waals surface area contributed by atoms with E-state index in [1.807, 2.05) is 66.7 Å². The number of rotatable bonds is 12. The van der Waals surface area contributed by atoms with Crippen molar-refractivity contribution >= 4 is 5.78 Å². The molecule has 3 aromatic rings. The molecule has 0 bridgehead atoms. The number of ketones is 1. The third-order valence-corrected chi connectivity index (χ3v) is 4.92. The number of hydrogen-bond acceptors (Lipinski definition) is 4. The standard InChI is InChI=1S/C26H29NO3/c28-24(19-27-17-16-21-10-4-1-5-11-21)20-30-25(18-22-12-6-2-7-13-22)26(29)23-14-8-3-9-15-23/h1-15,24-25,27-28H,16-20H2. The molecule has 0 spiro atoms. The molecular formula is C26H29NO3. The van der Waals surface area contributed by atoms with Crippen molar-refractivity contribution in [1.82, 2.24) is 5.32 Å². The minimum absolute atomic E-state index is 0.0660. The Hall–Kier alpha value is -2.79. The number of ether oxygens (including phenoxy) is 1. The summed E-state index contributed by atoms with van der Waals surface area (Å²) in [7, 11) is 0. The Morgan fingerprint density at radius 3 is 2.03 bits per heavy atom. The Balaban J connectivity index is 1.50. The van der Waals surface area contributed by atoms with Gasteiger partial charge >= 0.3 is 0 Å². The quantitative estimate of drug-likeness (QED) is 0.358. The van der Waals surface area contributed by atoms with Crippen LogP contribution in [0.25, 0.3) is 0 Å². The maximum atomic E-state index is 13.0. The van der Waals surface area contributed by atoms with Gasteiger partial charge in [-0.05, 0) is 24.1 Å². The largest absolute Gasteiger partial charge is 0.389 e. The van der Waals surface area contributed by atoms with Crippen molar-refractivity contribution in [3.63, 3.8) is 0 Å². The molecule has 0 aliphatic rings. The first-order valence-electron chi connectivity index (χ1n) is 10.4. The third kappa shape index (κ3) is 7.23. The molecule has 0 amide bonds. The number of carbonyl (C=O) groups excluding carboxylic acids is 1. The van der Waals surface area contributed by atoms with E-state index < -0.39 is 12.2 Å². The molecule has 0 saturated carbocycles. The average molecular weight is 404 g/mol. The van der Waals surface area contributed by atoms with Crippen molar-refractivity contribution in [2.24, 2.45) is 0 Å². The lowest BCUT2D eigenvalue weighted by atomic mass is 10.00. The fourth-order valence-electron chi connectivity index (χ4n) is 3.28. The lowest BCUT2D eigenvalue weighted by Crippen LogP contribution is -2.35. The summed E-state index contributed by atoms with van der Waals surface area (Å²) in [5.74, 6) is -0.0660. The van der Waals surface area contributed by atoms with E-state index in [0.29, 0.717) is 18.5 Å². The molecule has 0 radical (unpaired) electrons. The molecule has 3 rings (SSSR count). The zero-order valence-electron chi connectivity index (χ0n) is 17.1. The summed E-state index contributed by atoms with van der Waals surface area (Å²) in [6.07, 6.45) is 0.0664. The van der Waals surface area contributed by atoms with Crippen molar-refractivity contribution in [2.45, 2.75) is 25.0 Å². The summed E-state index contributed by atoms with van der Waals surface area (Å²) in [5.41, 5.74) is 2.91. The van der Waals surface area contributed by atoms with Crippen LogP contribution in [0.1, 0.15) is 21.5 Å². The highest BCUT2D eigenvalue weighted by atomic mass is 16.5. The highest BCUT2D eigenvalue weighted by Gasteiger charge is 2.22. The number of aliphatic hydroxyl groups excluding tert-OH is 1.